The molecule has 0 aromatic rings. The Kier molecular flexibility index (Phi) is 3.23. The highest BCUT2D eigenvalue weighted by molar-refractivity contribution is 5.66. The predicted molar refractivity (Wildman–Crippen MR) is 55.5 cm³/mol. The molecule has 0 bridgehead atoms. The van der Waals surface area contributed by atoms with Gasteiger partial charge in [-0.15, -0.1) is 0 Å². The smallest absolute Gasteiger partial charge is 0.408 e. The van der Waals surface area contributed by atoms with Crippen LogP contribution in [-0.4, -0.2) is 39.9 Å². The average molecular weight is 218 g/mol. The van der Waals surface area contributed by atoms with E-state index < -0.39 is 23.8 Å². The molecule has 5 heteroatoms. The summed E-state index contributed by atoms with van der Waals surface area (Å²) in [5.74, 6) is 0. The van der Waals surface area contributed by atoms with E-state index >= 15 is 0 Å². The largest absolute Gasteiger partial charge is 0.465 e. The van der Waals surface area contributed by atoms with Gasteiger partial charge in [-0.25, -0.2) is 9.18 Å². The Labute approximate surface area is 89.2 Å². The second kappa shape index (κ2) is 3.96. The summed E-state index contributed by atoms with van der Waals surface area (Å²) in [5.41, 5.74) is 5.04. The van der Waals surface area contributed by atoms with Gasteiger partial charge in [0, 0.05) is 11.6 Å². The van der Waals surface area contributed by atoms with E-state index in [4.69, 9.17) is 10.8 Å². The molecule has 1 saturated carbocycles. The molecule has 0 aliphatic heterocycles. The van der Waals surface area contributed by atoms with Crippen LogP contribution in [0.15, 0.2) is 0 Å². The molecule has 0 aromatic heterocycles. The van der Waals surface area contributed by atoms with E-state index in [2.05, 4.69) is 0 Å². The number of carbonyl (C=O) groups is 1. The Morgan fingerprint density at radius 3 is 2.27 bits per heavy atom. The van der Waals surface area contributed by atoms with Crippen molar-refractivity contribution in [1.82, 2.24) is 4.90 Å². The van der Waals surface area contributed by atoms with Crippen molar-refractivity contribution in [2.75, 3.05) is 0 Å². The van der Waals surface area contributed by atoms with Crippen molar-refractivity contribution < 1.29 is 14.3 Å². The number of rotatable bonds is 1. The summed E-state index contributed by atoms with van der Waals surface area (Å²) in [7, 11) is 0. The molecule has 1 aliphatic rings. The lowest BCUT2D eigenvalue weighted by Crippen LogP contribution is -2.53. The number of nitrogens with two attached hydrogens (primary N) is 1. The molecule has 0 radical (unpaired) electrons. The molecule has 3 N–H and O–H groups in total. The Morgan fingerprint density at radius 1 is 1.47 bits per heavy atom. The Hall–Kier alpha value is -0.840. The summed E-state index contributed by atoms with van der Waals surface area (Å²) in [5, 5.41) is 9.09. The summed E-state index contributed by atoms with van der Waals surface area (Å²) in [6.07, 6.45) is -1.56. The molecule has 15 heavy (non-hydrogen) atoms. The number of hydrogen-bond acceptors (Lipinski definition) is 2. The van der Waals surface area contributed by atoms with E-state index in [0.717, 1.165) is 0 Å². The molecule has 1 amide bonds. The minimum absolute atomic E-state index is 0.228. The van der Waals surface area contributed by atoms with Crippen LogP contribution < -0.4 is 5.73 Å². The van der Waals surface area contributed by atoms with Gasteiger partial charge < -0.3 is 10.8 Å². The highest BCUT2D eigenvalue weighted by Gasteiger charge is 2.43. The van der Waals surface area contributed by atoms with Gasteiger partial charge in [0.15, 0.2) is 0 Å². The van der Waals surface area contributed by atoms with Crippen molar-refractivity contribution in [2.24, 2.45) is 5.73 Å². The van der Waals surface area contributed by atoms with E-state index in [-0.39, 0.29) is 12.5 Å². The lowest BCUT2D eigenvalue weighted by molar-refractivity contribution is 0.0480. The van der Waals surface area contributed by atoms with Crippen LogP contribution in [0.5, 0.6) is 0 Å². The van der Waals surface area contributed by atoms with Crippen LogP contribution in [0.2, 0.25) is 0 Å². The van der Waals surface area contributed by atoms with Crippen molar-refractivity contribution in [1.29, 1.82) is 0 Å². The molecule has 1 aliphatic carbocycles. The zero-order valence-electron chi connectivity index (χ0n) is 9.40. The van der Waals surface area contributed by atoms with Crippen molar-refractivity contribution in [3.05, 3.63) is 0 Å². The van der Waals surface area contributed by atoms with Crippen LogP contribution in [-0.2, 0) is 0 Å². The Bertz CT molecular complexity index is 252. The van der Waals surface area contributed by atoms with Gasteiger partial charge >= 0.3 is 6.09 Å². The fraction of sp³-hybridized carbons (Fsp3) is 0.900. The molecule has 3 unspecified atom stereocenters. The first kappa shape index (κ1) is 12.2. The molecular weight excluding hydrogens is 199 g/mol. The number of alkyl halides is 1. The van der Waals surface area contributed by atoms with E-state index in [1.165, 1.54) is 4.90 Å². The third-order valence-electron chi connectivity index (χ3n) is 2.75. The summed E-state index contributed by atoms with van der Waals surface area (Å²) < 4.78 is 13.6. The predicted octanol–water partition coefficient (Wildman–Crippen LogP) is 1.59. The monoisotopic (exact) mass is 218 g/mol. The maximum absolute atomic E-state index is 13.6. The van der Waals surface area contributed by atoms with Gasteiger partial charge in [-0.3, -0.25) is 4.90 Å². The average Bonchev–Trinajstić information content (AvgIpc) is 2.26. The summed E-state index contributed by atoms with van der Waals surface area (Å²) in [6.45, 7) is 5.28. The molecule has 0 aromatic carbocycles. The van der Waals surface area contributed by atoms with Crippen LogP contribution in [0.1, 0.15) is 33.6 Å². The normalized spacial score (nSPS) is 31.7. The summed E-state index contributed by atoms with van der Waals surface area (Å²) >= 11 is 0. The van der Waals surface area contributed by atoms with Gasteiger partial charge in [-0.1, -0.05) is 0 Å². The van der Waals surface area contributed by atoms with Crippen LogP contribution in [0.4, 0.5) is 9.18 Å². The minimum Gasteiger partial charge on any atom is -0.465 e. The Balaban J connectivity index is 2.86. The van der Waals surface area contributed by atoms with E-state index in [9.17, 15) is 9.18 Å². The highest BCUT2D eigenvalue weighted by Crippen LogP contribution is 2.31. The first-order valence-electron chi connectivity index (χ1n) is 5.15. The number of hydrogen-bond donors (Lipinski definition) is 2. The van der Waals surface area contributed by atoms with Crippen molar-refractivity contribution >= 4 is 6.09 Å². The zero-order valence-corrected chi connectivity index (χ0v) is 9.40. The molecule has 4 nitrogen and oxygen atoms in total. The van der Waals surface area contributed by atoms with Crippen molar-refractivity contribution in [2.45, 2.75) is 57.4 Å². The third-order valence-corrected chi connectivity index (χ3v) is 2.75. The molecule has 3 atom stereocenters. The van der Waals surface area contributed by atoms with Gasteiger partial charge in [0.2, 0.25) is 0 Å². The topological polar surface area (TPSA) is 66.6 Å². The first-order chi connectivity index (χ1) is 6.73. The number of carboxylic acid groups (broad SMARTS) is 1. The molecule has 1 rings (SSSR count). The summed E-state index contributed by atoms with van der Waals surface area (Å²) in [4.78, 5) is 12.3. The van der Waals surface area contributed by atoms with E-state index in [1.54, 1.807) is 20.8 Å². The maximum Gasteiger partial charge on any atom is 0.408 e. The number of halogens is 1. The maximum atomic E-state index is 13.6. The SMILES string of the molecule is CC(C)(C)N(C(=O)O)C1CC(N)CC1F. The second-order valence-electron chi connectivity index (χ2n) is 5.14. The van der Waals surface area contributed by atoms with Crippen LogP contribution in [0, 0.1) is 0 Å². The van der Waals surface area contributed by atoms with Crippen molar-refractivity contribution in [3.8, 4) is 0 Å². The van der Waals surface area contributed by atoms with Gasteiger partial charge in [0.1, 0.15) is 6.17 Å². The standard InChI is InChI=1S/C10H19FN2O2/c1-10(2,3)13(9(14)15)8-5-6(12)4-7(8)11/h6-8H,4-5,12H2,1-3H3,(H,14,15). The highest BCUT2D eigenvalue weighted by atomic mass is 19.1. The first-order valence-corrected chi connectivity index (χ1v) is 5.15. The second-order valence-corrected chi connectivity index (χ2v) is 5.14. The van der Waals surface area contributed by atoms with Crippen LogP contribution in [0.25, 0.3) is 0 Å². The molecular formula is C10H19FN2O2. The number of nitrogens with zero attached hydrogens (tertiary/aromatic N) is 1. The van der Waals surface area contributed by atoms with Gasteiger partial charge in [-0.2, -0.15) is 0 Å². The summed E-state index contributed by atoms with van der Waals surface area (Å²) in [6, 6.07) is -0.827. The zero-order chi connectivity index (χ0) is 11.8. The fourth-order valence-electron chi connectivity index (χ4n) is 2.19. The molecule has 0 heterocycles. The lowest BCUT2D eigenvalue weighted by atomic mass is 10.0. The molecule has 88 valence electrons. The molecule has 1 fully saturated rings. The third kappa shape index (κ3) is 2.59. The molecule has 0 saturated heterocycles. The quantitative estimate of drug-likeness (QED) is 0.702. The molecule has 0 spiro atoms. The number of amides is 1. The van der Waals surface area contributed by atoms with Crippen molar-refractivity contribution in [3.63, 3.8) is 0 Å². The van der Waals surface area contributed by atoms with E-state index in [0.29, 0.717) is 6.42 Å². The van der Waals surface area contributed by atoms with Gasteiger partial charge in [0.05, 0.1) is 6.04 Å². The lowest BCUT2D eigenvalue weighted by Gasteiger charge is -2.38. The fourth-order valence-corrected chi connectivity index (χ4v) is 2.19. The van der Waals surface area contributed by atoms with Gasteiger partial charge in [0.25, 0.3) is 0 Å². The Morgan fingerprint density at radius 2 is 2.00 bits per heavy atom. The van der Waals surface area contributed by atoms with Crippen LogP contribution >= 0.6 is 0 Å². The van der Waals surface area contributed by atoms with E-state index in [1.807, 2.05) is 0 Å². The van der Waals surface area contributed by atoms with Gasteiger partial charge in [-0.05, 0) is 33.6 Å². The van der Waals surface area contributed by atoms with Crippen LogP contribution in [0.3, 0.4) is 0 Å². The minimum atomic E-state index is -1.14.